The molecule has 0 bridgehead atoms. The van der Waals surface area contributed by atoms with E-state index in [0.717, 1.165) is 37.0 Å². The van der Waals surface area contributed by atoms with E-state index in [1.54, 1.807) is 0 Å². The SMILES string of the molecule is CCCCCCCCC1CCC(C2CCC(C(=O)OC(CC)C3CCCCC3)CC2)CC1.O.O.O. The second-order valence-electron chi connectivity index (χ2n) is 11.7. The second kappa shape index (κ2) is 19.5. The Kier molecular flexibility index (Phi) is 19.1. The van der Waals surface area contributed by atoms with Gasteiger partial charge in [-0.05, 0) is 81.5 Å². The molecule has 210 valence electrons. The van der Waals surface area contributed by atoms with Gasteiger partial charge in [0.05, 0.1) is 5.92 Å². The lowest BCUT2D eigenvalue weighted by Crippen LogP contribution is -2.33. The number of hydrogen-bond acceptors (Lipinski definition) is 2. The predicted octanol–water partition coefficient (Wildman–Crippen LogP) is 6.78. The van der Waals surface area contributed by atoms with Gasteiger partial charge in [0.1, 0.15) is 6.10 Å². The molecule has 0 saturated heterocycles. The van der Waals surface area contributed by atoms with Crippen LogP contribution in [0.2, 0.25) is 0 Å². The molecule has 3 aliphatic rings. The summed E-state index contributed by atoms with van der Waals surface area (Å²) in [4.78, 5) is 12.9. The van der Waals surface area contributed by atoms with Crippen molar-refractivity contribution in [3.05, 3.63) is 0 Å². The van der Waals surface area contributed by atoms with Gasteiger partial charge in [-0.1, -0.05) is 90.9 Å². The van der Waals surface area contributed by atoms with Crippen molar-refractivity contribution in [1.82, 2.24) is 0 Å². The molecule has 0 aromatic carbocycles. The number of hydrogen-bond donors (Lipinski definition) is 0. The van der Waals surface area contributed by atoms with E-state index in [9.17, 15) is 4.79 Å². The lowest BCUT2D eigenvalue weighted by molar-refractivity contribution is -0.159. The number of rotatable bonds is 12. The fourth-order valence-electron chi connectivity index (χ4n) is 7.25. The molecule has 0 amide bonds. The summed E-state index contributed by atoms with van der Waals surface area (Å²) in [6.45, 7) is 4.50. The summed E-state index contributed by atoms with van der Waals surface area (Å²) in [5, 5.41) is 0. The fraction of sp³-hybridized carbons (Fsp3) is 0.967. The van der Waals surface area contributed by atoms with E-state index in [-0.39, 0.29) is 34.4 Å². The van der Waals surface area contributed by atoms with Crippen LogP contribution in [0.5, 0.6) is 0 Å². The molecular weight excluding hydrogens is 440 g/mol. The molecule has 0 aromatic rings. The third kappa shape index (κ3) is 11.5. The highest BCUT2D eigenvalue weighted by atomic mass is 16.5. The first-order valence-corrected chi connectivity index (χ1v) is 14.9. The maximum absolute atomic E-state index is 12.9. The Hall–Kier alpha value is -0.650. The van der Waals surface area contributed by atoms with Crippen molar-refractivity contribution < 1.29 is 26.0 Å². The highest BCUT2D eigenvalue weighted by molar-refractivity contribution is 5.72. The van der Waals surface area contributed by atoms with Crippen molar-refractivity contribution in [2.75, 3.05) is 0 Å². The number of unbranched alkanes of at least 4 members (excludes halogenated alkanes) is 5. The maximum Gasteiger partial charge on any atom is 0.309 e. The Balaban J connectivity index is 0.00000385. The maximum atomic E-state index is 12.9. The molecule has 3 rings (SSSR count). The predicted molar refractivity (Wildman–Crippen MR) is 146 cm³/mol. The Morgan fingerprint density at radius 1 is 0.686 bits per heavy atom. The minimum atomic E-state index is 0. The van der Waals surface area contributed by atoms with E-state index in [1.165, 1.54) is 116 Å². The van der Waals surface area contributed by atoms with Crippen molar-refractivity contribution >= 4 is 5.97 Å². The van der Waals surface area contributed by atoms with Gasteiger partial charge in [-0.2, -0.15) is 0 Å². The smallest absolute Gasteiger partial charge is 0.309 e. The minimum absolute atomic E-state index is 0. The molecule has 5 nitrogen and oxygen atoms in total. The Morgan fingerprint density at radius 2 is 1.23 bits per heavy atom. The van der Waals surface area contributed by atoms with E-state index in [1.807, 2.05) is 0 Å². The molecule has 3 aliphatic carbocycles. The molecule has 0 aromatic heterocycles. The summed E-state index contributed by atoms with van der Waals surface area (Å²) in [5.74, 6) is 3.79. The molecule has 0 aliphatic heterocycles. The average molecular weight is 501 g/mol. The molecule has 0 heterocycles. The zero-order chi connectivity index (χ0) is 22.6. The van der Waals surface area contributed by atoms with Gasteiger partial charge in [0.15, 0.2) is 0 Å². The molecule has 1 unspecified atom stereocenters. The fourth-order valence-corrected chi connectivity index (χ4v) is 7.25. The Labute approximate surface area is 216 Å². The summed E-state index contributed by atoms with van der Waals surface area (Å²) >= 11 is 0. The first-order valence-electron chi connectivity index (χ1n) is 14.9. The highest BCUT2D eigenvalue weighted by Gasteiger charge is 2.35. The summed E-state index contributed by atoms with van der Waals surface area (Å²) in [5.41, 5.74) is 0. The van der Waals surface area contributed by atoms with Gasteiger partial charge < -0.3 is 21.2 Å². The van der Waals surface area contributed by atoms with Crippen LogP contribution in [0.15, 0.2) is 0 Å². The molecule has 6 N–H and O–H groups in total. The molecule has 3 fully saturated rings. The third-order valence-electron chi connectivity index (χ3n) is 9.47. The summed E-state index contributed by atoms with van der Waals surface area (Å²) in [7, 11) is 0. The molecular formula is C30H60O5. The summed E-state index contributed by atoms with van der Waals surface area (Å²) < 4.78 is 6.10. The molecule has 0 spiro atoms. The van der Waals surface area contributed by atoms with Crippen molar-refractivity contribution in [2.24, 2.45) is 29.6 Å². The van der Waals surface area contributed by atoms with Crippen LogP contribution in [0, 0.1) is 29.6 Å². The van der Waals surface area contributed by atoms with E-state index in [0.29, 0.717) is 5.92 Å². The molecule has 35 heavy (non-hydrogen) atoms. The van der Waals surface area contributed by atoms with Crippen LogP contribution in [0.4, 0.5) is 0 Å². The number of ether oxygens (including phenoxy) is 1. The van der Waals surface area contributed by atoms with Gasteiger partial charge in [-0.15, -0.1) is 0 Å². The van der Waals surface area contributed by atoms with Gasteiger partial charge in [-0.25, -0.2) is 0 Å². The zero-order valence-corrected chi connectivity index (χ0v) is 23.1. The van der Waals surface area contributed by atoms with Crippen LogP contribution in [-0.4, -0.2) is 28.5 Å². The van der Waals surface area contributed by atoms with Gasteiger partial charge >= 0.3 is 5.97 Å². The number of esters is 1. The van der Waals surface area contributed by atoms with Gasteiger partial charge in [0.2, 0.25) is 0 Å². The van der Waals surface area contributed by atoms with E-state index < -0.39 is 0 Å². The van der Waals surface area contributed by atoms with Crippen molar-refractivity contribution in [1.29, 1.82) is 0 Å². The lowest BCUT2D eigenvalue weighted by atomic mass is 9.68. The van der Waals surface area contributed by atoms with E-state index in [4.69, 9.17) is 4.74 Å². The number of carbonyl (C=O) groups excluding carboxylic acids is 1. The highest BCUT2D eigenvalue weighted by Crippen LogP contribution is 2.43. The Bertz CT molecular complexity index is 503. The topological polar surface area (TPSA) is 121 Å². The van der Waals surface area contributed by atoms with Crippen LogP contribution in [0.3, 0.4) is 0 Å². The van der Waals surface area contributed by atoms with Gasteiger partial charge in [-0.3, -0.25) is 4.79 Å². The van der Waals surface area contributed by atoms with E-state index >= 15 is 0 Å². The normalized spacial score (nSPS) is 28.1. The summed E-state index contributed by atoms with van der Waals surface area (Å²) in [6.07, 6.45) is 28.4. The molecule has 0 radical (unpaired) electrons. The Morgan fingerprint density at radius 3 is 1.80 bits per heavy atom. The minimum Gasteiger partial charge on any atom is -0.462 e. The average Bonchev–Trinajstić information content (AvgIpc) is 2.85. The van der Waals surface area contributed by atoms with Crippen molar-refractivity contribution in [3.8, 4) is 0 Å². The van der Waals surface area contributed by atoms with Crippen LogP contribution in [0.1, 0.15) is 149 Å². The second-order valence-corrected chi connectivity index (χ2v) is 11.7. The van der Waals surface area contributed by atoms with Gasteiger partial charge in [0.25, 0.3) is 0 Å². The quantitative estimate of drug-likeness (QED) is 0.217. The first kappa shape index (κ1) is 34.4. The van der Waals surface area contributed by atoms with Crippen LogP contribution in [-0.2, 0) is 9.53 Å². The molecule has 5 heteroatoms. The van der Waals surface area contributed by atoms with Crippen molar-refractivity contribution in [2.45, 2.75) is 155 Å². The zero-order valence-electron chi connectivity index (χ0n) is 23.1. The van der Waals surface area contributed by atoms with Crippen LogP contribution >= 0.6 is 0 Å². The largest absolute Gasteiger partial charge is 0.462 e. The summed E-state index contributed by atoms with van der Waals surface area (Å²) in [6, 6.07) is 0. The lowest BCUT2D eigenvalue weighted by Gasteiger charge is -2.38. The molecule has 3 saturated carbocycles. The van der Waals surface area contributed by atoms with Crippen molar-refractivity contribution in [3.63, 3.8) is 0 Å². The van der Waals surface area contributed by atoms with Gasteiger partial charge in [0, 0.05) is 0 Å². The standard InChI is InChI=1S/C30H54O2.3H2O/c1-3-5-6-7-8-10-13-24-16-18-25(19-17-24)26-20-22-28(23-21-26)30(31)32-29(4-2)27-14-11-9-12-15-27;;;/h24-29H,3-23H2,1-2H3;3*1H2. The van der Waals surface area contributed by atoms with E-state index in [2.05, 4.69) is 13.8 Å². The molecule has 1 atom stereocenters. The van der Waals surface area contributed by atoms with Crippen LogP contribution in [0.25, 0.3) is 0 Å². The third-order valence-corrected chi connectivity index (χ3v) is 9.47. The monoisotopic (exact) mass is 500 g/mol. The number of carbonyl (C=O) groups is 1. The van der Waals surface area contributed by atoms with Crippen LogP contribution < -0.4 is 0 Å². The first-order chi connectivity index (χ1) is 15.7.